The maximum absolute atomic E-state index is 14.1. The third kappa shape index (κ3) is 8.12. The van der Waals surface area contributed by atoms with Crippen molar-refractivity contribution in [2.24, 2.45) is 5.73 Å². The second-order valence-electron chi connectivity index (χ2n) is 11.8. The molecule has 218 valence electrons. The minimum Gasteiger partial charge on any atom is -0.438 e. The van der Waals surface area contributed by atoms with Crippen molar-refractivity contribution in [2.75, 3.05) is 19.6 Å². The Morgan fingerprint density at radius 1 is 1.05 bits per heavy atom. The van der Waals surface area contributed by atoms with Gasteiger partial charge in [0.25, 0.3) is 5.91 Å². The summed E-state index contributed by atoms with van der Waals surface area (Å²) in [5, 5.41) is 6.59. The zero-order valence-corrected chi connectivity index (χ0v) is 24.1. The molecular formula is C33H42FN5O2. The van der Waals surface area contributed by atoms with Crippen molar-refractivity contribution >= 4 is 5.91 Å². The average Bonchev–Trinajstić information content (AvgIpc) is 2.95. The molecule has 2 heterocycles. The Hall–Kier alpha value is -3.33. The molecule has 7 nitrogen and oxygen atoms in total. The van der Waals surface area contributed by atoms with Gasteiger partial charge in [-0.15, -0.1) is 0 Å². The van der Waals surface area contributed by atoms with Crippen LogP contribution in [0.3, 0.4) is 0 Å². The fourth-order valence-corrected chi connectivity index (χ4v) is 6.04. The lowest BCUT2D eigenvalue weighted by molar-refractivity contribution is 0.0922. The van der Waals surface area contributed by atoms with Gasteiger partial charge in [0, 0.05) is 37.3 Å². The Morgan fingerprint density at radius 3 is 2.51 bits per heavy atom. The highest BCUT2D eigenvalue weighted by Crippen LogP contribution is 2.29. The van der Waals surface area contributed by atoms with E-state index < -0.39 is 5.82 Å². The van der Waals surface area contributed by atoms with Gasteiger partial charge in [-0.3, -0.25) is 4.79 Å². The number of nitrogens with zero attached hydrogens (tertiary/aromatic N) is 2. The summed E-state index contributed by atoms with van der Waals surface area (Å²) in [7, 11) is 0. The van der Waals surface area contributed by atoms with Crippen LogP contribution in [0.4, 0.5) is 4.39 Å². The van der Waals surface area contributed by atoms with Gasteiger partial charge in [-0.25, -0.2) is 9.37 Å². The van der Waals surface area contributed by atoms with Crippen LogP contribution in [0.15, 0.2) is 60.8 Å². The number of aromatic nitrogens is 1. The van der Waals surface area contributed by atoms with Crippen molar-refractivity contribution < 1.29 is 13.9 Å². The number of nitrogens with one attached hydrogen (secondary N) is 2. The van der Waals surface area contributed by atoms with E-state index in [1.54, 1.807) is 0 Å². The van der Waals surface area contributed by atoms with Gasteiger partial charge in [-0.05, 0) is 93.8 Å². The summed E-state index contributed by atoms with van der Waals surface area (Å²) in [6, 6.07) is 18.8. The Bertz CT molecular complexity index is 1300. The summed E-state index contributed by atoms with van der Waals surface area (Å²) < 4.78 is 20.1. The maximum atomic E-state index is 14.1. The molecule has 4 N–H and O–H groups in total. The summed E-state index contributed by atoms with van der Waals surface area (Å²) in [5.41, 5.74) is 9.46. The number of rotatable bonds is 9. The number of carbonyl (C=O) groups is 1. The van der Waals surface area contributed by atoms with Gasteiger partial charge in [-0.2, -0.15) is 0 Å². The first-order valence-electron chi connectivity index (χ1n) is 14.9. The van der Waals surface area contributed by atoms with Gasteiger partial charge in [-0.1, -0.05) is 36.4 Å². The Morgan fingerprint density at radius 2 is 1.78 bits per heavy atom. The molecule has 5 rings (SSSR count). The monoisotopic (exact) mass is 559 g/mol. The lowest BCUT2D eigenvalue weighted by atomic mass is 9.91. The van der Waals surface area contributed by atoms with E-state index in [4.69, 9.17) is 10.5 Å². The minimum atomic E-state index is -0.584. The first kappa shape index (κ1) is 29.2. The topological polar surface area (TPSA) is 92.5 Å². The van der Waals surface area contributed by atoms with Gasteiger partial charge >= 0.3 is 0 Å². The molecule has 2 fully saturated rings. The van der Waals surface area contributed by atoms with Crippen LogP contribution in [0.1, 0.15) is 61.9 Å². The number of pyridine rings is 1. The second-order valence-corrected chi connectivity index (χ2v) is 11.8. The van der Waals surface area contributed by atoms with Crippen LogP contribution >= 0.6 is 0 Å². The van der Waals surface area contributed by atoms with Crippen LogP contribution in [0.5, 0.6) is 11.6 Å². The number of aryl methyl sites for hydroxylation is 1. The molecule has 0 spiro atoms. The van der Waals surface area contributed by atoms with E-state index in [-0.39, 0.29) is 29.4 Å². The quantitative estimate of drug-likeness (QED) is 0.330. The minimum absolute atomic E-state index is 0.0131. The van der Waals surface area contributed by atoms with Crippen molar-refractivity contribution in [3.05, 3.63) is 77.7 Å². The number of hydrogen-bond donors (Lipinski definition) is 3. The Kier molecular flexibility index (Phi) is 9.64. The molecule has 2 atom stereocenters. The molecule has 0 bridgehead atoms. The predicted octanol–water partition coefficient (Wildman–Crippen LogP) is 5.29. The van der Waals surface area contributed by atoms with E-state index in [1.807, 2.05) is 24.3 Å². The first-order chi connectivity index (χ1) is 19.8. The number of carbonyl (C=O) groups excluding carboxylic acids is 1. The van der Waals surface area contributed by atoms with Crippen LogP contribution in [0.25, 0.3) is 11.1 Å². The van der Waals surface area contributed by atoms with Crippen molar-refractivity contribution in [3.63, 3.8) is 0 Å². The van der Waals surface area contributed by atoms with Crippen LogP contribution < -0.4 is 21.1 Å². The molecule has 1 saturated carbocycles. The summed E-state index contributed by atoms with van der Waals surface area (Å²) in [5.74, 6) is -0.362. The highest BCUT2D eigenvalue weighted by Gasteiger charge is 2.24. The Balaban J connectivity index is 1.20. The maximum Gasteiger partial charge on any atom is 0.257 e. The molecule has 0 unspecified atom stereocenters. The van der Waals surface area contributed by atoms with Gasteiger partial charge in [0.2, 0.25) is 5.88 Å². The lowest BCUT2D eigenvalue weighted by Gasteiger charge is -2.36. The van der Waals surface area contributed by atoms with E-state index in [1.165, 1.54) is 11.6 Å². The molecule has 2 aromatic carbocycles. The first-order valence-corrected chi connectivity index (χ1v) is 14.9. The molecule has 8 heteroatoms. The predicted molar refractivity (Wildman–Crippen MR) is 161 cm³/mol. The average molecular weight is 560 g/mol. The standard InChI is InChI=1S/C33H42FN5O2/c1-22-20-39(21-23(2)37-22)16-4-5-24-8-10-25(11-9-24)26-6-3-7-30(17-26)41-33-31(18-27(34)19-36-33)32(40)38-29-14-12-28(35)13-15-29/h3,6-11,17-19,22-23,28-29,37H,4-5,12-16,20-21,35H2,1-2H3,(H,38,40)/t22-,23+,28-,29-. The molecule has 0 radical (unpaired) electrons. The normalized spacial score (nSPS) is 23.2. The van der Waals surface area contributed by atoms with Gasteiger partial charge < -0.3 is 26.0 Å². The van der Waals surface area contributed by atoms with Crippen LogP contribution in [0.2, 0.25) is 0 Å². The van der Waals surface area contributed by atoms with E-state index in [2.05, 4.69) is 58.6 Å². The summed E-state index contributed by atoms with van der Waals surface area (Å²) in [6.07, 6.45) is 6.58. The van der Waals surface area contributed by atoms with E-state index in [9.17, 15) is 9.18 Å². The lowest BCUT2D eigenvalue weighted by Crippen LogP contribution is -2.54. The number of halogens is 1. The van der Waals surface area contributed by atoms with Gasteiger partial charge in [0.15, 0.2) is 0 Å². The molecule has 1 aliphatic heterocycles. The number of piperazine rings is 1. The molecule has 1 aromatic heterocycles. The van der Waals surface area contributed by atoms with Crippen LogP contribution in [0, 0.1) is 5.82 Å². The molecule has 1 aliphatic carbocycles. The fraction of sp³-hybridized carbons (Fsp3) is 0.455. The molecule has 3 aromatic rings. The zero-order chi connectivity index (χ0) is 28.8. The second kappa shape index (κ2) is 13.6. The molecular weight excluding hydrogens is 517 g/mol. The van der Waals surface area contributed by atoms with Crippen molar-refractivity contribution in [1.82, 2.24) is 20.5 Å². The highest BCUT2D eigenvalue weighted by atomic mass is 19.1. The molecule has 2 aliphatic rings. The number of hydrogen-bond acceptors (Lipinski definition) is 6. The van der Waals surface area contributed by atoms with Crippen molar-refractivity contribution in [3.8, 4) is 22.8 Å². The van der Waals surface area contributed by atoms with E-state index in [0.717, 1.165) is 75.5 Å². The number of nitrogens with two attached hydrogens (primary N) is 1. The third-order valence-electron chi connectivity index (χ3n) is 8.08. The third-order valence-corrected chi connectivity index (χ3v) is 8.08. The SMILES string of the molecule is C[C@@H]1CN(CCCc2ccc(-c3cccc(Oc4ncc(F)cc4C(=O)N[C@H]4CC[C@H](N)CC4)c3)cc2)C[C@H](C)N1. The summed E-state index contributed by atoms with van der Waals surface area (Å²) in [6.45, 7) is 7.84. The Labute approximate surface area is 242 Å². The summed E-state index contributed by atoms with van der Waals surface area (Å²) >= 11 is 0. The smallest absolute Gasteiger partial charge is 0.257 e. The van der Waals surface area contributed by atoms with Gasteiger partial charge in [0.1, 0.15) is 17.1 Å². The van der Waals surface area contributed by atoms with Crippen molar-refractivity contribution in [1.29, 1.82) is 0 Å². The summed E-state index contributed by atoms with van der Waals surface area (Å²) in [4.78, 5) is 19.7. The number of ether oxygens (including phenoxy) is 1. The molecule has 1 saturated heterocycles. The highest BCUT2D eigenvalue weighted by molar-refractivity contribution is 5.96. The van der Waals surface area contributed by atoms with Crippen LogP contribution in [-0.4, -0.2) is 59.6 Å². The van der Waals surface area contributed by atoms with Crippen molar-refractivity contribution in [2.45, 2.75) is 76.5 Å². The molecule has 1 amide bonds. The van der Waals surface area contributed by atoms with Gasteiger partial charge in [0.05, 0.1) is 6.20 Å². The number of amides is 1. The molecule has 41 heavy (non-hydrogen) atoms. The largest absolute Gasteiger partial charge is 0.438 e. The van der Waals surface area contributed by atoms with E-state index >= 15 is 0 Å². The number of benzene rings is 2. The zero-order valence-electron chi connectivity index (χ0n) is 24.1. The van der Waals surface area contributed by atoms with E-state index in [0.29, 0.717) is 17.8 Å². The van der Waals surface area contributed by atoms with Crippen LogP contribution in [-0.2, 0) is 6.42 Å². The fourth-order valence-electron chi connectivity index (χ4n) is 6.04.